The molecule has 3 saturated heterocycles. The zero-order valence-electron chi connectivity index (χ0n) is 20.6. The lowest BCUT2D eigenvalue weighted by molar-refractivity contribution is 0.0712. The summed E-state index contributed by atoms with van der Waals surface area (Å²) in [6, 6.07) is 8.54. The first-order valence-electron chi connectivity index (χ1n) is 12.5. The van der Waals surface area contributed by atoms with Crippen LogP contribution < -0.4 is 14.5 Å². The van der Waals surface area contributed by atoms with Crippen molar-refractivity contribution in [1.82, 2.24) is 19.4 Å². The lowest BCUT2D eigenvalue weighted by Crippen LogP contribution is -2.49. The van der Waals surface area contributed by atoms with E-state index in [9.17, 15) is 8.42 Å². The Hall–Kier alpha value is -2.18. The third-order valence-electron chi connectivity index (χ3n) is 7.14. The number of ether oxygens (including phenoxy) is 2. The number of hydrogen-bond donors (Lipinski definition) is 0. The van der Waals surface area contributed by atoms with E-state index in [1.165, 1.54) is 36.4 Å². The molecule has 4 heterocycles. The van der Waals surface area contributed by atoms with Crippen LogP contribution in [0.25, 0.3) is 0 Å². The molecule has 1 atom stereocenters. The minimum absolute atomic E-state index is 0.168. The van der Waals surface area contributed by atoms with E-state index in [4.69, 9.17) is 21.1 Å². The van der Waals surface area contributed by atoms with Gasteiger partial charge in [-0.3, -0.25) is 4.90 Å². The van der Waals surface area contributed by atoms with Gasteiger partial charge in [-0.2, -0.15) is 4.31 Å². The second-order valence-corrected chi connectivity index (χ2v) is 11.7. The Morgan fingerprint density at radius 3 is 2.14 bits per heavy atom. The topological polar surface area (TPSA) is 91.3 Å². The molecule has 1 aromatic heterocycles. The van der Waals surface area contributed by atoms with E-state index in [0.717, 1.165) is 51.0 Å². The average molecular weight is 537 g/mol. The van der Waals surface area contributed by atoms with Crippen LogP contribution in [0.15, 0.2) is 35.2 Å². The Bertz CT molecular complexity index is 1130. The molecule has 12 heteroatoms. The van der Waals surface area contributed by atoms with Gasteiger partial charge in [0.05, 0.1) is 23.1 Å². The van der Waals surface area contributed by atoms with Crippen molar-refractivity contribution in [3.8, 4) is 5.75 Å². The molecule has 2 aromatic rings. The van der Waals surface area contributed by atoms with Gasteiger partial charge in [-0.05, 0) is 43.2 Å². The van der Waals surface area contributed by atoms with Gasteiger partial charge in [0.2, 0.25) is 10.0 Å². The minimum Gasteiger partial charge on any atom is -0.495 e. The monoisotopic (exact) mass is 536 g/mol. The van der Waals surface area contributed by atoms with E-state index in [0.29, 0.717) is 38.0 Å². The van der Waals surface area contributed by atoms with E-state index in [1.807, 2.05) is 12.1 Å². The highest BCUT2D eigenvalue weighted by Gasteiger charge is 2.30. The van der Waals surface area contributed by atoms with Gasteiger partial charge in [-0.25, -0.2) is 8.42 Å². The molecule has 5 rings (SSSR count). The molecule has 0 saturated carbocycles. The summed E-state index contributed by atoms with van der Waals surface area (Å²) in [5.41, 5.74) is 0. The fraction of sp³-hybridized carbons (Fsp3) is 0.583. The summed E-state index contributed by atoms with van der Waals surface area (Å²) in [5.74, 6) is 2.09. The van der Waals surface area contributed by atoms with Crippen molar-refractivity contribution in [2.24, 2.45) is 0 Å². The summed E-state index contributed by atoms with van der Waals surface area (Å²) >= 11 is 6.15. The molecule has 3 aliphatic rings. The van der Waals surface area contributed by atoms with Crippen LogP contribution in [0.5, 0.6) is 5.75 Å². The van der Waals surface area contributed by atoms with E-state index in [2.05, 4.69) is 24.9 Å². The quantitative estimate of drug-likeness (QED) is 0.526. The number of anilines is 2. The van der Waals surface area contributed by atoms with E-state index < -0.39 is 10.0 Å². The van der Waals surface area contributed by atoms with Gasteiger partial charge in [-0.15, -0.1) is 10.2 Å². The van der Waals surface area contributed by atoms with Gasteiger partial charge in [0.15, 0.2) is 11.6 Å². The van der Waals surface area contributed by atoms with Gasteiger partial charge in [0.25, 0.3) is 0 Å². The number of halogens is 1. The Balaban J connectivity index is 1.13. The Morgan fingerprint density at radius 1 is 0.972 bits per heavy atom. The highest BCUT2D eigenvalue weighted by atomic mass is 35.5. The molecule has 0 aliphatic carbocycles. The van der Waals surface area contributed by atoms with Crippen LogP contribution in [0.4, 0.5) is 11.6 Å². The van der Waals surface area contributed by atoms with Crippen molar-refractivity contribution < 1.29 is 17.9 Å². The SMILES string of the molecule is COc1ccc(S(=O)(=O)N2CCN(c3ccc(N4CCN(CC5CCCO5)CC4)nn3)CC2)cc1Cl. The van der Waals surface area contributed by atoms with Crippen molar-refractivity contribution in [3.63, 3.8) is 0 Å². The number of nitrogens with zero attached hydrogens (tertiary/aromatic N) is 6. The van der Waals surface area contributed by atoms with Crippen molar-refractivity contribution >= 4 is 33.3 Å². The fourth-order valence-electron chi connectivity index (χ4n) is 5.01. The van der Waals surface area contributed by atoms with Gasteiger partial charge in [0.1, 0.15) is 5.75 Å². The Kier molecular flexibility index (Phi) is 7.82. The van der Waals surface area contributed by atoms with Gasteiger partial charge >= 0.3 is 0 Å². The molecule has 10 nitrogen and oxygen atoms in total. The molecule has 1 aromatic carbocycles. The molecule has 36 heavy (non-hydrogen) atoms. The zero-order chi connectivity index (χ0) is 25.1. The van der Waals surface area contributed by atoms with Crippen molar-refractivity contribution in [2.75, 3.05) is 82.4 Å². The Labute approximate surface area is 217 Å². The maximum Gasteiger partial charge on any atom is 0.243 e. The van der Waals surface area contributed by atoms with Crippen LogP contribution in [0.1, 0.15) is 12.8 Å². The molecule has 3 aliphatic heterocycles. The number of sulfonamides is 1. The smallest absolute Gasteiger partial charge is 0.243 e. The van der Waals surface area contributed by atoms with Crippen LogP contribution >= 0.6 is 11.6 Å². The maximum absolute atomic E-state index is 13.1. The van der Waals surface area contributed by atoms with Crippen LogP contribution in [-0.4, -0.2) is 107 Å². The lowest BCUT2D eigenvalue weighted by atomic mass is 10.2. The van der Waals surface area contributed by atoms with E-state index in [-0.39, 0.29) is 9.92 Å². The first kappa shape index (κ1) is 25.5. The van der Waals surface area contributed by atoms with Gasteiger partial charge in [0, 0.05) is 65.5 Å². The molecule has 0 spiro atoms. The minimum atomic E-state index is -3.64. The first-order chi connectivity index (χ1) is 17.4. The number of piperazine rings is 2. The molecule has 3 fully saturated rings. The predicted molar refractivity (Wildman–Crippen MR) is 139 cm³/mol. The standard InChI is InChI=1S/C24H33ClN6O4S/c1-34-22-5-4-20(17-21(22)25)36(32,33)31-14-12-30(13-15-31)24-7-6-23(26-27-24)29-10-8-28(9-11-29)18-19-3-2-16-35-19/h4-7,17,19H,2-3,8-16,18H2,1H3. The molecular weight excluding hydrogens is 504 g/mol. The number of aromatic nitrogens is 2. The molecule has 0 bridgehead atoms. The summed E-state index contributed by atoms with van der Waals surface area (Å²) in [5, 5.41) is 9.21. The molecule has 0 N–H and O–H groups in total. The summed E-state index contributed by atoms with van der Waals surface area (Å²) in [6.45, 7) is 7.57. The van der Waals surface area contributed by atoms with Crippen LogP contribution in [-0.2, 0) is 14.8 Å². The predicted octanol–water partition coefficient (Wildman–Crippen LogP) is 1.95. The number of hydrogen-bond acceptors (Lipinski definition) is 9. The molecule has 0 radical (unpaired) electrons. The highest BCUT2D eigenvalue weighted by Crippen LogP contribution is 2.29. The van der Waals surface area contributed by atoms with E-state index in [1.54, 1.807) is 6.07 Å². The second-order valence-electron chi connectivity index (χ2n) is 9.36. The third-order valence-corrected chi connectivity index (χ3v) is 9.33. The van der Waals surface area contributed by atoms with Gasteiger partial charge < -0.3 is 19.3 Å². The number of methoxy groups -OCH3 is 1. The lowest BCUT2D eigenvalue weighted by Gasteiger charge is -2.36. The molecular formula is C24H33ClN6O4S. The average Bonchev–Trinajstić information content (AvgIpc) is 3.42. The highest BCUT2D eigenvalue weighted by molar-refractivity contribution is 7.89. The Morgan fingerprint density at radius 2 is 1.61 bits per heavy atom. The van der Waals surface area contributed by atoms with Crippen molar-refractivity contribution in [2.45, 2.75) is 23.8 Å². The first-order valence-corrected chi connectivity index (χ1v) is 14.3. The van der Waals surface area contributed by atoms with Crippen molar-refractivity contribution in [3.05, 3.63) is 35.4 Å². The molecule has 196 valence electrons. The number of rotatable bonds is 7. The largest absolute Gasteiger partial charge is 0.495 e. The van der Waals surface area contributed by atoms with Crippen LogP contribution in [0, 0.1) is 0 Å². The maximum atomic E-state index is 13.1. The zero-order valence-corrected chi connectivity index (χ0v) is 22.1. The summed E-state index contributed by atoms with van der Waals surface area (Å²) in [4.78, 5) is 6.99. The molecule has 0 amide bonds. The van der Waals surface area contributed by atoms with E-state index >= 15 is 0 Å². The van der Waals surface area contributed by atoms with Crippen LogP contribution in [0.2, 0.25) is 5.02 Å². The van der Waals surface area contributed by atoms with Crippen molar-refractivity contribution in [1.29, 1.82) is 0 Å². The molecule has 1 unspecified atom stereocenters. The normalized spacial score (nSPS) is 22.2. The number of benzene rings is 1. The second kappa shape index (κ2) is 11.1. The van der Waals surface area contributed by atoms with Crippen LogP contribution in [0.3, 0.4) is 0 Å². The third kappa shape index (κ3) is 5.55. The van der Waals surface area contributed by atoms with Gasteiger partial charge in [-0.1, -0.05) is 11.6 Å². The summed E-state index contributed by atoms with van der Waals surface area (Å²) < 4.78 is 38.6. The fourth-order valence-corrected chi connectivity index (χ4v) is 6.78. The summed E-state index contributed by atoms with van der Waals surface area (Å²) in [7, 11) is -2.14. The summed E-state index contributed by atoms with van der Waals surface area (Å²) in [6.07, 6.45) is 2.73.